The SMILES string of the molecule is Cn1ccnc1CCNc1ccc(Cl)cc1F. The predicted octanol–water partition coefficient (Wildman–Crippen LogP) is 2.87. The molecule has 0 amide bonds. The second-order valence-corrected chi connectivity index (χ2v) is 4.19. The first kappa shape index (κ1) is 11.9. The fourth-order valence-electron chi connectivity index (χ4n) is 1.58. The molecule has 0 saturated heterocycles. The highest BCUT2D eigenvalue weighted by molar-refractivity contribution is 6.30. The molecule has 1 N–H and O–H groups in total. The van der Waals surface area contributed by atoms with Crippen LogP contribution >= 0.6 is 11.6 Å². The quantitative estimate of drug-likeness (QED) is 0.908. The van der Waals surface area contributed by atoms with Gasteiger partial charge < -0.3 is 9.88 Å². The van der Waals surface area contributed by atoms with Gasteiger partial charge in [0, 0.05) is 37.4 Å². The molecule has 0 bridgehead atoms. The van der Waals surface area contributed by atoms with Crippen LogP contribution in [0.4, 0.5) is 10.1 Å². The zero-order valence-corrected chi connectivity index (χ0v) is 10.2. The van der Waals surface area contributed by atoms with Crippen LogP contribution in [0.1, 0.15) is 5.82 Å². The second kappa shape index (κ2) is 5.19. The lowest BCUT2D eigenvalue weighted by molar-refractivity contribution is 0.630. The third-order valence-electron chi connectivity index (χ3n) is 2.52. The van der Waals surface area contributed by atoms with Crippen molar-refractivity contribution in [3.05, 3.63) is 47.3 Å². The number of hydrogen-bond acceptors (Lipinski definition) is 2. The molecule has 1 aromatic heterocycles. The van der Waals surface area contributed by atoms with Gasteiger partial charge in [0.1, 0.15) is 11.6 Å². The van der Waals surface area contributed by atoms with E-state index >= 15 is 0 Å². The summed E-state index contributed by atoms with van der Waals surface area (Å²) in [4.78, 5) is 4.19. The normalized spacial score (nSPS) is 10.5. The fraction of sp³-hybridized carbons (Fsp3) is 0.250. The smallest absolute Gasteiger partial charge is 0.147 e. The van der Waals surface area contributed by atoms with Crippen molar-refractivity contribution in [1.29, 1.82) is 0 Å². The number of nitrogens with zero attached hydrogens (tertiary/aromatic N) is 2. The van der Waals surface area contributed by atoms with Crippen molar-refractivity contribution in [2.24, 2.45) is 7.05 Å². The van der Waals surface area contributed by atoms with Crippen LogP contribution in [0.15, 0.2) is 30.6 Å². The van der Waals surface area contributed by atoms with Gasteiger partial charge in [-0.05, 0) is 18.2 Å². The van der Waals surface area contributed by atoms with Crippen LogP contribution in [0, 0.1) is 5.82 Å². The first-order chi connectivity index (χ1) is 8.16. The van der Waals surface area contributed by atoms with Crippen molar-refractivity contribution in [2.75, 3.05) is 11.9 Å². The lowest BCUT2D eigenvalue weighted by Crippen LogP contribution is -2.09. The highest BCUT2D eigenvalue weighted by Gasteiger charge is 2.03. The molecule has 90 valence electrons. The molecule has 17 heavy (non-hydrogen) atoms. The minimum atomic E-state index is -0.336. The zero-order valence-electron chi connectivity index (χ0n) is 9.45. The molecule has 0 atom stereocenters. The summed E-state index contributed by atoms with van der Waals surface area (Å²) in [5.74, 6) is 0.629. The van der Waals surface area contributed by atoms with Gasteiger partial charge in [0.25, 0.3) is 0 Å². The Morgan fingerprint density at radius 2 is 2.29 bits per heavy atom. The molecule has 0 spiro atoms. The third kappa shape index (κ3) is 2.97. The Bertz CT molecular complexity index is 510. The minimum Gasteiger partial charge on any atom is -0.382 e. The maximum atomic E-state index is 13.4. The predicted molar refractivity (Wildman–Crippen MR) is 66.8 cm³/mol. The molecule has 2 aromatic rings. The zero-order chi connectivity index (χ0) is 12.3. The molecular weight excluding hydrogens is 241 g/mol. The average molecular weight is 254 g/mol. The van der Waals surface area contributed by atoms with Crippen molar-refractivity contribution >= 4 is 17.3 Å². The van der Waals surface area contributed by atoms with Gasteiger partial charge in [-0.1, -0.05) is 11.6 Å². The van der Waals surface area contributed by atoms with Crippen LogP contribution in [0.3, 0.4) is 0 Å². The molecule has 1 aromatic carbocycles. The Morgan fingerprint density at radius 1 is 1.47 bits per heavy atom. The topological polar surface area (TPSA) is 29.9 Å². The fourth-order valence-corrected chi connectivity index (χ4v) is 1.74. The molecule has 3 nitrogen and oxygen atoms in total. The lowest BCUT2D eigenvalue weighted by Gasteiger charge is -2.07. The number of rotatable bonds is 4. The average Bonchev–Trinajstić information content (AvgIpc) is 2.68. The van der Waals surface area contributed by atoms with Crippen molar-refractivity contribution < 1.29 is 4.39 Å². The summed E-state index contributed by atoms with van der Waals surface area (Å²) < 4.78 is 15.4. The molecule has 2 rings (SSSR count). The Labute approximate surface area is 104 Å². The number of benzene rings is 1. The van der Waals surface area contributed by atoms with Crippen LogP contribution < -0.4 is 5.32 Å². The van der Waals surface area contributed by atoms with Crippen molar-refractivity contribution in [3.8, 4) is 0 Å². The highest BCUT2D eigenvalue weighted by atomic mass is 35.5. The van der Waals surface area contributed by atoms with E-state index in [0.29, 0.717) is 17.3 Å². The van der Waals surface area contributed by atoms with E-state index in [1.807, 2.05) is 17.8 Å². The van der Waals surface area contributed by atoms with Gasteiger partial charge in [-0.25, -0.2) is 9.37 Å². The number of aryl methyl sites for hydroxylation is 1. The van der Waals surface area contributed by atoms with Crippen molar-refractivity contribution in [2.45, 2.75) is 6.42 Å². The van der Waals surface area contributed by atoms with E-state index < -0.39 is 0 Å². The van der Waals surface area contributed by atoms with E-state index in [-0.39, 0.29) is 5.82 Å². The maximum Gasteiger partial charge on any atom is 0.147 e. The van der Waals surface area contributed by atoms with Crippen LogP contribution in [0.25, 0.3) is 0 Å². The Balaban J connectivity index is 1.92. The Kier molecular flexibility index (Phi) is 3.64. The van der Waals surface area contributed by atoms with E-state index in [4.69, 9.17) is 11.6 Å². The molecule has 0 aliphatic rings. The monoisotopic (exact) mass is 253 g/mol. The van der Waals surface area contributed by atoms with Gasteiger partial charge in [0.15, 0.2) is 0 Å². The van der Waals surface area contributed by atoms with Crippen LogP contribution in [-0.2, 0) is 13.5 Å². The Morgan fingerprint density at radius 3 is 2.94 bits per heavy atom. The van der Waals surface area contributed by atoms with E-state index in [9.17, 15) is 4.39 Å². The number of halogens is 2. The summed E-state index contributed by atoms with van der Waals surface area (Å²) in [5.41, 5.74) is 0.462. The number of aromatic nitrogens is 2. The highest BCUT2D eigenvalue weighted by Crippen LogP contribution is 2.18. The molecule has 0 aliphatic heterocycles. The first-order valence-electron chi connectivity index (χ1n) is 5.32. The standard InChI is InChI=1S/C12H13ClFN3/c1-17-7-6-16-12(17)4-5-15-11-3-2-9(13)8-10(11)14/h2-3,6-8,15H,4-5H2,1H3. The second-order valence-electron chi connectivity index (χ2n) is 3.76. The van der Waals surface area contributed by atoms with Gasteiger partial charge in [0.05, 0.1) is 5.69 Å². The summed E-state index contributed by atoms with van der Waals surface area (Å²) in [6.07, 6.45) is 4.38. The van der Waals surface area contributed by atoms with Crippen LogP contribution in [0.5, 0.6) is 0 Å². The molecule has 0 saturated carbocycles. The van der Waals surface area contributed by atoms with Gasteiger partial charge in [-0.3, -0.25) is 0 Å². The summed E-state index contributed by atoms with van der Waals surface area (Å²) in [5, 5.41) is 3.42. The van der Waals surface area contributed by atoms with Crippen LogP contribution in [0.2, 0.25) is 5.02 Å². The summed E-state index contributed by atoms with van der Waals surface area (Å²) in [6.45, 7) is 0.628. The maximum absolute atomic E-state index is 13.4. The van der Waals surface area contributed by atoms with E-state index in [1.54, 1.807) is 18.3 Å². The summed E-state index contributed by atoms with van der Waals surface area (Å²) in [7, 11) is 1.94. The van der Waals surface area contributed by atoms with E-state index in [1.165, 1.54) is 6.07 Å². The summed E-state index contributed by atoms with van der Waals surface area (Å²) >= 11 is 5.67. The molecule has 0 radical (unpaired) electrons. The van der Waals surface area contributed by atoms with E-state index in [2.05, 4.69) is 10.3 Å². The largest absolute Gasteiger partial charge is 0.382 e. The van der Waals surface area contributed by atoms with Gasteiger partial charge in [-0.2, -0.15) is 0 Å². The molecule has 5 heteroatoms. The van der Waals surface area contributed by atoms with Crippen molar-refractivity contribution in [3.63, 3.8) is 0 Å². The molecular formula is C12H13ClFN3. The number of imidazole rings is 1. The minimum absolute atomic E-state index is 0.336. The number of anilines is 1. The Hall–Kier alpha value is -1.55. The number of nitrogens with one attached hydrogen (secondary N) is 1. The lowest BCUT2D eigenvalue weighted by atomic mass is 10.3. The molecule has 0 aliphatic carbocycles. The molecule has 0 unspecified atom stereocenters. The molecule has 0 fully saturated rings. The molecule has 1 heterocycles. The van der Waals surface area contributed by atoms with Crippen molar-refractivity contribution in [1.82, 2.24) is 9.55 Å². The van der Waals surface area contributed by atoms with Gasteiger partial charge in [0.2, 0.25) is 0 Å². The number of hydrogen-bond donors (Lipinski definition) is 1. The first-order valence-corrected chi connectivity index (χ1v) is 5.70. The summed E-state index contributed by atoms with van der Waals surface area (Å²) in [6, 6.07) is 4.59. The van der Waals surface area contributed by atoms with Crippen LogP contribution in [-0.4, -0.2) is 16.1 Å². The third-order valence-corrected chi connectivity index (χ3v) is 2.75. The van der Waals surface area contributed by atoms with E-state index in [0.717, 1.165) is 12.2 Å². The van der Waals surface area contributed by atoms with Gasteiger partial charge in [-0.15, -0.1) is 0 Å². The van der Waals surface area contributed by atoms with Gasteiger partial charge >= 0.3 is 0 Å².